The molecule has 0 unspecified atom stereocenters. The zero-order valence-electron chi connectivity index (χ0n) is 12.4. The molecule has 1 fully saturated rings. The van der Waals surface area contributed by atoms with Gasteiger partial charge in [-0.1, -0.05) is 12.1 Å². The van der Waals surface area contributed by atoms with E-state index in [9.17, 15) is 8.42 Å². The minimum atomic E-state index is -3.45. The predicted molar refractivity (Wildman–Crippen MR) is 80.6 cm³/mol. The lowest BCUT2D eigenvalue weighted by molar-refractivity contribution is 0.0632. The first-order chi connectivity index (χ1) is 10.1. The van der Waals surface area contributed by atoms with Crippen molar-refractivity contribution in [2.24, 2.45) is 0 Å². The molecule has 6 heteroatoms. The van der Waals surface area contributed by atoms with Crippen LogP contribution in [0.2, 0.25) is 0 Å². The van der Waals surface area contributed by atoms with Crippen LogP contribution in [-0.4, -0.2) is 50.7 Å². The number of aliphatic hydroxyl groups is 1. The summed E-state index contributed by atoms with van der Waals surface area (Å²) in [4.78, 5) is 0.323. The number of nitrogens with zero attached hydrogens (tertiary/aromatic N) is 1. The number of rotatable bonds is 6. The lowest BCUT2D eigenvalue weighted by atomic mass is 10.1. The maximum Gasteiger partial charge on any atom is 0.243 e. The van der Waals surface area contributed by atoms with Gasteiger partial charge in [0.15, 0.2) is 0 Å². The molecule has 2 rings (SSSR count). The van der Waals surface area contributed by atoms with Crippen LogP contribution in [0.15, 0.2) is 29.2 Å². The third-order valence-corrected chi connectivity index (χ3v) is 5.85. The van der Waals surface area contributed by atoms with Crippen molar-refractivity contribution in [3.63, 3.8) is 0 Å². The van der Waals surface area contributed by atoms with Crippen LogP contribution in [0, 0.1) is 0 Å². The van der Waals surface area contributed by atoms with Gasteiger partial charge in [-0.3, -0.25) is 0 Å². The van der Waals surface area contributed by atoms with Gasteiger partial charge in [0.1, 0.15) is 0 Å². The highest BCUT2D eigenvalue weighted by molar-refractivity contribution is 7.89. The second-order valence-electron chi connectivity index (χ2n) is 5.34. The minimum Gasteiger partial charge on any atom is -0.396 e. The van der Waals surface area contributed by atoms with Crippen LogP contribution in [0.3, 0.4) is 0 Å². The molecule has 0 atom stereocenters. The molecule has 1 saturated heterocycles. The molecule has 21 heavy (non-hydrogen) atoms. The molecule has 0 spiro atoms. The normalized spacial score (nSPS) is 17.3. The summed E-state index contributed by atoms with van der Waals surface area (Å²) in [5.41, 5.74) is 1.04. The standard InChI is InChI=1S/C15H23NO4S/c1-16(14-8-11-20-12-9-14)21(18,19)15-6-4-13(5-7-15)3-2-10-17/h4-7,14,17H,2-3,8-12H2,1H3. The fourth-order valence-corrected chi connectivity index (χ4v) is 3.94. The fourth-order valence-electron chi connectivity index (χ4n) is 2.52. The predicted octanol–water partition coefficient (Wildman–Crippen LogP) is 1.41. The average Bonchev–Trinajstić information content (AvgIpc) is 2.53. The number of aliphatic hydroxyl groups excluding tert-OH is 1. The van der Waals surface area contributed by atoms with Crippen LogP contribution < -0.4 is 0 Å². The van der Waals surface area contributed by atoms with Gasteiger partial charge in [0, 0.05) is 32.9 Å². The average molecular weight is 313 g/mol. The SMILES string of the molecule is CN(C1CCOCC1)S(=O)(=O)c1ccc(CCCO)cc1. The Bertz CT molecular complexity index is 535. The Morgan fingerprint density at radius 2 is 1.86 bits per heavy atom. The number of sulfonamides is 1. The summed E-state index contributed by atoms with van der Waals surface area (Å²) in [6.45, 7) is 1.38. The number of hydrogen-bond donors (Lipinski definition) is 1. The van der Waals surface area contributed by atoms with E-state index < -0.39 is 10.0 Å². The van der Waals surface area contributed by atoms with E-state index in [1.807, 2.05) is 12.1 Å². The summed E-state index contributed by atoms with van der Waals surface area (Å²) in [5, 5.41) is 8.82. The molecule has 0 bridgehead atoms. The van der Waals surface area contributed by atoms with Gasteiger partial charge in [0.25, 0.3) is 0 Å². The monoisotopic (exact) mass is 313 g/mol. The smallest absolute Gasteiger partial charge is 0.243 e. The van der Waals surface area contributed by atoms with Crippen LogP contribution >= 0.6 is 0 Å². The summed E-state index contributed by atoms with van der Waals surface area (Å²) in [6.07, 6.45) is 2.93. The van der Waals surface area contributed by atoms with Crippen LogP contribution in [0.25, 0.3) is 0 Å². The molecule has 1 aromatic carbocycles. The molecule has 0 radical (unpaired) electrons. The van der Waals surface area contributed by atoms with Gasteiger partial charge in [0.05, 0.1) is 4.90 Å². The highest BCUT2D eigenvalue weighted by Gasteiger charge is 2.29. The topological polar surface area (TPSA) is 66.8 Å². The van der Waals surface area contributed by atoms with Crippen molar-refractivity contribution in [2.45, 2.75) is 36.6 Å². The quantitative estimate of drug-likeness (QED) is 0.862. The van der Waals surface area contributed by atoms with E-state index in [0.29, 0.717) is 24.5 Å². The van der Waals surface area contributed by atoms with Gasteiger partial charge in [-0.15, -0.1) is 0 Å². The van der Waals surface area contributed by atoms with Gasteiger partial charge in [0.2, 0.25) is 10.0 Å². The van der Waals surface area contributed by atoms with Crippen molar-refractivity contribution in [3.05, 3.63) is 29.8 Å². The van der Waals surface area contributed by atoms with Crippen LogP contribution in [0.1, 0.15) is 24.8 Å². The summed E-state index contributed by atoms with van der Waals surface area (Å²) >= 11 is 0. The molecule has 1 aliphatic rings. The van der Waals surface area contributed by atoms with E-state index in [-0.39, 0.29) is 12.6 Å². The molecule has 5 nitrogen and oxygen atoms in total. The van der Waals surface area contributed by atoms with Gasteiger partial charge in [-0.05, 0) is 43.4 Å². The molecular formula is C15H23NO4S. The highest BCUT2D eigenvalue weighted by Crippen LogP contribution is 2.22. The van der Waals surface area contributed by atoms with Crippen LogP contribution in [0.5, 0.6) is 0 Å². The van der Waals surface area contributed by atoms with Crippen molar-refractivity contribution in [2.75, 3.05) is 26.9 Å². The van der Waals surface area contributed by atoms with E-state index in [0.717, 1.165) is 24.8 Å². The molecule has 0 saturated carbocycles. The lowest BCUT2D eigenvalue weighted by Gasteiger charge is -2.30. The van der Waals surface area contributed by atoms with Crippen molar-refractivity contribution in [1.82, 2.24) is 4.31 Å². The van der Waals surface area contributed by atoms with Crippen molar-refractivity contribution in [3.8, 4) is 0 Å². The number of ether oxygens (including phenoxy) is 1. The number of hydrogen-bond acceptors (Lipinski definition) is 4. The molecule has 1 aromatic rings. The largest absolute Gasteiger partial charge is 0.396 e. The zero-order valence-corrected chi connectivity index (χ0v) is 13.2. The molecule has 1 heterocycles. The Kier molecular flexibility index (Phi) is 5.75. The first kappa shape index (κ1) is 16.4. The summed E-state index contributed by atoms with van der Waals surface area (Å²) in [5.74, 6) is 0. The minimum absolute atomic E-state index is 0.0119. The van der Waals surface area contributed by atoms with Gasteiger partial charge in [-0.2, -0.15) is 4.31 Å². The first-order valence-electron chi connectivity index (χ1n) is 7.31. The second-order valence-corrected chi connectivity index (χ2v) is 7.33. The Morgan fingerprint density at radius 1 is 1.24 bits per heavy atom. The fraction of sp³-hybridized carbons (Fsp3) is 0.600. The summed E-state index contributed by atoms with van der Waals surface area (Å²) < 4.78 is 32.0. The van der Waals surface area contributed by atoms with Gasteiger partial charge in [-0.25, -0.2) is 8.42 Å². The lowest BCUT2D eigenvalue weighted by Crippen LogP contribution is -2.40. The Balaban J connectivity index is 2.10. The van der Waals surface area contributed by atoms with E-state index in [4.69, 9.17) is 9.84 Å². The Labute approximate surface area is 126 Å². The van der Waals surface area contributed by atoms with E-state index in [1.165, 1.54) is 4.31 Å². The van der Waals surface area contributed by atoms with Crippen molar-refractivity contribution >= 4 is 10.0 Å². The third kappa shape index (κ3) is 4.03. The number of aryl methyl sites for hydroxylation is 1. The van der Waals surface area contributed by atoms with E-state index >= 15 is 0 Å². The highest BCUT2D eigenvalue weighted by atomic mass is 32.2. The van der Waals surface area contributed by atoms with Crippen molar-refractivity contribution in [1.29, 1.82) is 0 Å². The van der Waals surface area contributed by atoms with E-state index in [1.54, 1.807) is 19.2 Å². The Morgan fingerprint density at radius 3 is 2.43 bits per heavy atom. The third-order valence-electron chi connectivity index (χ3n) is 3.93. The van der Waals surface area contributed by atoms with E-state index in [2.05, 4.69) is 0 Å². The molecule has 0 amide bonds. The molecule has 1 aliphatic heterocycles. The van der Waals surface area contributed by atoms with Crippen LogP contribution in [-0.2, 0) is 21.2 Å². The van der Waals surface area contributed by atoms with Crippen LogP contribution in [0.4, 0.5) is 0 Å². The Hall–Kier alpha value is -0.950. The molecule has 0 aromatic heterocycles. The maximum absolute atomic E-state index is 12.6. The molecule has 118 valence electrons. The molecule has 1 N–H and O–H groups in total. The summed E-state index contributed by atoms with van der Waals surface area (Å²) in [7, 11) is -1.80. The second kappa shape index (κ2) is 7.35. The van der Waals surface area contributed by atoms with Gasteiger partial charge >= 0.3 is 0 Å². The van der Waals surface area contributed by atoms with Gasteiger partial charge < -0.3 is 9.84 Å². The molecule has 0 aliphatic carbocycles. The molecular weight excluding hydrogens is 290 g/mol. The van der Waals surface area contributed by atoms with Crippen molar-refractivity contribution < 1.29 is 18.3 Å². The zero-order chi connectivity index (χ0) is 15.3. The first-order valence-corrected chi connectivity index (χ1v) is 8.75. The summed E-state index contributed by atoms with van der Waals surface area (Å²) in [6, 6.07) is 6.95. The number of benzene rings is 1. The maximum atomic E-state index is 12.6.